The minimum atomic E-state index is -2.78. The van der Waals surface area contributed by atoms with Crippen molar-refractivity contribution in [3.63, 3.8) is 0 Å². The maximum Gasteiger partial charge on any atom is 0.376 e. The molecule has 0 spiro atoms. The smallest absolute Gasteiger partial charge is 0.376 e. The molecule has 15 nitrogen and oxygen atoms in total. The molecule has 4 atom stereocenters. The van der Waals surface area contributed by atoms with Gasteiger partial charge in [-0.1, -0.05) is 24.3 Å². The summed E-state index contributed by atoms with van der Waals surface area (Å²) < 4.78 is 10.7. The number of anilines is 2. The zero-order chi connectivity index (χ0) is 28.2. The number of likely N-dealkylation sites (N-methyl/N-ethyl adjacent to an activating group) is 1. The van der Waals surface area contributed by atoms with Crippen LogP contribution in [0.15, 0.2) is 30.6 Å². The van der Waals surface area contributed by atoms with Crippen LogP contribution in [-0.4, -0.2) is 91.4 Å². The Bertz CT molecular complexity index is 1320. The van der Waals surface area contributed by atoms with Crippen molar-refractivity contribution in [2.24, 2.45) is 0 Å². The van der Waals surface area contributed by atoms with E-state index in [1.807, 2.05) is 24.3 Å². The van der Waals surface area contributed by atoms with E-state index in [4.69, 9.17) is 15.3 Å². The van der Waals surface area contributed by atoms with Gasteiger partial charge in [0, 0.05) is 19.5 Å². The van der Waals surface area contributed by atoms with Crippen LogP contribution < -0.4 is 21.2 Å². The second-order valence-corrected chi connectivity index (χ2v) is 8.83. The summed E-state index contributed by atoms with van der Waals surface area (Å²) in [4.78, 5) is 41.4. The zero-order valence-electron chi connectivity index (χ0n) is 21.4. The molecule has 15 heteroatoms. The van der Waals surface area contributed by atoms with Gasteiger partial charge in [-0.3, -0.25) is 14.3 Å². The molecular formula is C24H31N7O8. The number of hydrogen-bond acceptors (Lipinski definition) is 13. The zero-order valence-corrected chi connectivity index (χ0v) is 21.4. The third-order valence-corrected chi connectivity index (χ3v) is 6.10. The fourth-order valence-electron chi connectivity index (χ4n) is 3.99. The molecule has 0 bridgehead atoms. The topological polar surface area (TPSA) is 216 Å². The first-order chi connectivity index (χ1) is 18.6. The number of nitrogens with two attached hydrogens (primary N) is 1. The SMILES string of the molecule is CCNC(=O)[C@H]1O[C@@](O)(On2cnc3c(N)nc(NCCc4ccc(CCC(=O)OC)cc4)nc32)[C@H](O)[C@@H]1O. The number of nitrogens with one attached hydrogen (secondary N) is 2. The molecule has 4 rings (SSSR count). The number of methoxy groups -OCH3 is 1. The minimum absolute atomic E-state index is 0.0277. The summed E-state index contributed by atoms with van der Waals surface area (Å²) in [5.74, 6) is -3.58. The fourth-order valence-corrected chi connectivity index (χ4v) is 3.99. The Kier molecular flexibility index (Phi) is 8.44. The summed E-state index contributed by atoms with van der Waals surface area (Å²) in [6.07, 6.45) is -2.64. The van der Waals surface area contributed by atoms with E-state index in [0.717, 1.165) is 22.2 Å². The van der Waals surface area contributed by atoms with Gasteiger partial charge < -0.3 is 41.3 Å². The molecule has 2 aromatic heterocycles. The van der Waals surface area contributed by atoms with Crippen LogP contribution in [0.5, 0.6) is 0 Å². The Balaban J connectivity index is 1.42. The second-order valence-electron chi connectivity index (χ2n) is 8.83. The van der Waals surface area contributed by atoms with Crippen molar-refractivity contribution >= 4 is 34.8 Å². The third-order valence-electron chi connectivity index (χ3n) is 6.10. The average Bonchev–Trinajstić information content (AvgIpc) is 3.42. The quantitative estimate of drug-likeness (QED) is 0.120. The number of amides is 1. The van der Waals surface area contributed by atoms with E-state index >= 15 is 0 Å². The van der Waals surface area contributed by atoms with Gasteiger partial charge in [-0.25, -0.2) is 4.98 Å². The van der Waals surface area contributed by atoms with Gasteiger partial charge in [-0.15, -0.1) is 4.73 Å². The minimum Gasteiger partial charge on any atom is -0.469 e. The lowest BCUT2D eigenvalue weighted by molar-refractivity contribution is -0.370. The molecule has 0 aliphatic carbocycles. The predicted octanol–water partition coefficient (Wildman–Crippen LogP) is -1.50. The number of carbonyl (C=O) groups is 2. The number of aromatic nitrogens is 4. The van der Waals surface area contributed by atoms with E-state index in [2.05, 4.69) is 30.3 Å². The maximum absolute atomic E-state index is 12.1. The van der Waals surface area contributed by atoms with Crippen LogP contribution in [0.1, 0.15) is 24.5 Å². The first-order valence-electron chi connectivity index (χ1n) is 12.3. The van der Waals surface area contributed by atoms with Gasteiger partial charge in [0.15, 0.2) is 23.5 Å². The van der Waals surface area contributed by atoms with Gasteiger partial charge in [0.25, 0.3) is 5.91 Å². The number of imidazole rings is 1. The molecule has 0 saturated carbocycles. The maximum atomic E-state index is 12.1. The van der Waals surface area contributed by atoms with Crippen molar-refractivity contribution < 1.29 is 39.2 Å². The third kappa shape index (κ3) is 6.17. The Morgan fingerprint density at radius 2 is 1.87 bits per heavy atom. The number of rotatable bonds is 11. The Morgan fingerprint density at radius 1 is 1.18 bits per heavy atom. The fraction of sp³-hybridized carbons (Fsp3) is 0.458. The first-order valence-corrected chi connectivity index (χ1v) is 12.3. The van der Waals surface area contributed by atoms with Gasteiger partial charge in [-0.05, 0) is 30.9 Å². The van der Waals surface area contributed by atoms with Crippen molar-refractivity contribution in [2.45, 2.75) is 50.5 Å². The number of aliphatic hydroxyl groups excluding tert-OH is 2. The molecule has 0 unspecified atom stereocenters. The van der Waals surface area contributed by atoms with Crippen LogP contribution in [-0.2, 0) is 31.9 Å². The van der Waals surface area contributed by atoms with Crippen LogP contribution in [0.25, 0.3) is 11.2 Å². The summed E-state index contributed by atoms with van der Waals surface area (Å²) in [5.41, 5.74) is 8.28. The lowest BCUT2D eigenvalue weighted by Crippen LogP contribution is -2.51. The number of esters is 1. The molecule has 3 heterocycles. The molecule has 1 amide bonds. The number of nitrogens with zero attached hydrogens (tertiary/aromatic N) is 4. The average molecular weight is 546 g/mol. The summed E-state index contributed by atoms with van der Waals surface area (Å²) in [6, 6.07) is 7.83. The Labute approximate surface area is 222 Å². The lowest BCUT2D eigenvalue weighted by atomic mass is 10.1. The summed E-state index contributed by atoms with van der Waals surface area (Å²) >= 11 is 0. The highest BCUT2D eigenvalue weighted by Crippen LogP contribution is 2.30. The number of benzene rings is 1. The highest BCUT2D eigenvalue weighted by atomic mass is 16.9. The van der Waals surface area contributed by atoms with Crippen molar-refractivity contribution in [3.05, 3.63) is 41.7 Å². The summed E-state index contributed by atoms with van der Waals surface area (Å²) in [7, 11) is 1.36. The highest BCUT2D eigenvalue weighted by molar-refractivity contribution is 5.83. The Morgan fingerprint density at radius 3 is 2.54 bits per heavy atom. The molecule has 1 fully saturated rings. The second kappa shape index (κ2) is 11.8. The van der Waals surface area contributed by atoms with E-state index in [1.54, 1.807) is 6.92 Å². The number of ether oxygens (including phenoxy) is 2. The van der Waals surface area contributed by atoms with E-state index in [-0.39, 0.29) is 35.4 Å². The standard InChI is InChI=1S/C24H31N7O8/c1-3-26-22(35)18-17(33)19(34)24(36,38-18)39-31-12-28-16-20(25)29-23(30-21(16)31)27-11-10-14-6-4-13(5-7-14)8-9-15(32)37-2/h4-7,12,17-19,33-34,36H,3,8-11H2,1-2H3,(H,26,35)(H3,25,27,29,30)/t17-,18+,19-,24-/m1/s1. The number of hydrogen-bond donors (Lipinski definition) is 6. The lowest BCUT2D eigenvalue weighted by Gasteiger charge is -2.25. The van der Waals surface area contributed by atoms with Crippen molar-refractivity contribution in [1.82, 2.24) is 25.0 Å². The van der Waals surface area contributed by atoms with E-state index in [1.165, 1.54) is 7.11 Å². The molecule has 1 aromatic carbocycles. The van der Waals surface area contributed by atoms with E-state index in [9.17, 15) is 24.9 Å². The number of aliphatic hydroxyl groups is 3. The van der Waals surface area contributed by atoms with Crippen molar-refractivity contribution in [3.8, 4) is 0 Å². The Hall–Kier alpha value is -4.05. The van der Waals surface area contributed by atoms with E-state index in [0.29, 0.717) is 25.8 Å². The summed E-state index contributed by atoms with van der Waals surface area (Å²) in [6.45, 7) is 2.37. The monoisotopic (exact) mass is 545 g/mol. The number of nitrogen functional groups attached to an aromatic ring is 1. The first kappa shape index (κ1) is 28.0. The summed E-state index contributed by atoms with van der Waals surface area (Å²) in [5, 5.41) is 36.8. The van der Waals surface area contributed by atoms with Crippen molar-refractivity contribution in [2.75, 3.05) is 31.2 Å². The molecule has 39 heavy (non-hydrogen) atoms. The highest BCUT2D eigenvalue weighted by Gasteiger charge is 2.59. The molecule has 210 valence electrons. The molecule has 3 aromatic rings. The van der Waals surface area contributed by atoms with Crippen LogP contribution in [0.3, 0.4) is 0 Å². The van der Waals surface area contributed by atoms with Crippen LogP contribution >= 0.6 is 0 Å². The van der Waals surface area contributed by atoms with Gasteiger partial charge in [0.2, 0.25) is 11.6 Å². The molecule has 1 saturated heterocycles. The number of carbonyl (C=O) groups excluding carboxylic acids is 2. The van der Waals surface area contributed by atoms with Crippen LogP contribution in [0.2, 0.25) is 0 Å². The molecule has 7 N–H and O–H groups in total. The molecular weight excluding hydrogens is 514 g/mol. The van der Waals surface area contributed by atoms with Gasteiger partial charge in [0.1, 0.15) is 12.4 Å². The van der Waals surface area contributed by atoms with Gasteiger partial charge >= 0.3 is 11.9 Å². The van der Waals surface area contributed by atoms with Crippen LogP contribution in [0, 0.1) is 0 Å². The van der Waals surface area contributed by atoms with Gasteiger partial charge in [-0.2, -0.15) is 9.97 Å². The van der Waals surface area contributed by atoms with Crippen LogP contribution in [0.4, 0.5) is 11.8 Å². The number of fused-ring (bicyclic) bond motifs is 1. The van der Waals surface area contributed by atoms with Gasteiger partial charge in [0.05, 0.1) is 7.11 Å². The van der Waals surface area contributed by atoms with Crippen molar-refractivity contribution in [1.29, 1.82) is 0 Å². The molecule has 1 aliphatic rings. The normalized spacial score (nSPS) is 22.5. The number of aryl methyl sites for hydroxylation is 1. The predicted molar refractivity (Wildman–Crippen MR) is 136 cm³/mol. The van der Waals surface area contributed by atoms with E-state index < -0.39 is 30.2 Å². The molecule has 1 aliphatic heterocycles. The molecule has 0 radical (unpaired) electrons. The largest absolute Gasteiger partial charge is 0.469 e.